The summed E-state index contributed by atoms with van der Waals surface area (Å²) in [6.45, 7) is 3.06. The number of alkyl halides is 3. The minimum absolute atomic E-state index is 0.166. The maximum atomic E-state index is 12.9. The molecule has 1 fully saturated rings. The van der Waals surface area contributed by atoms with Crippen LogP contribution in [0, 0.1) is 0 Å². The number of H-pyrrole nitrogens is 1. The fourth-order valence-corrected chi connectivity index (χ4v) is 4.41. The number of hydrogen-bond donors (Lipinski definition) is 2. The van der Waals surface area contributed by atoms with Gasteiger partial charge >= 0.3 is 6.18 Å². The monoisotopic (exact) mass is 479 g/mol. The van der Waals surface area contributed by atoms with Gasteiger partial charge in [0.05, 0.1) is 11.1 Å². The van der Waals surface area contributed by atoms with Crippen LogP contribution in [0.3, 0.4) is 0 Å². The average molecular weight is 480 g/mol. The molecule has 0 radical (unpaired) electrons. The molecule has 3 heterocycles. The van der Waals surface area contributed by atoms with E-state index in [0.717, 1.165) is 48.5 Å². The number of amides is 1. The summed E-state index contributed by atoms with van der Waals surface area (Å²) in [4.78, 5) is 19.7. The first-order valence-corrected chi connectivity index (χ1v) is 11.5. The predicted molar refractivity (Wildman–Crippen MR) is 128 cm³/mol. The van der Waals surface area contributed by atoms with E-state index in [0.29, 0.717) is 10.9 Å². The van der Waals surface area contributed by atoms with Gasteiger partial charge in [0.2, 0.25) is 0 Å². The Morgan fingerprint density at radius 1 is 0.971 bits per heavy atom. The number of rotatable bonds is 5. The Morgan fingerprint density at radius 3 is 2.49 bits per heavy atom. The summed E-state index contributed by atoms with van der Waals surface area (Å²) in [5.41, 5.74) is 3.30. The van der Waals surface area contributed by atoms with Crippen LogP contribution in [0.15, 0.2) is 60.9 Å². The number of carbonyl (C=O) groups excluding carboxylic acids is 1. The Kier molecular flexibility index (Phi) is 6.25. The number of aromatic amines is 1. The molecule has 0 unspecified atom stereocenters. The van der Waals surface area contributed by atoms with Crippen molar-refractivity contribution in [1.29, 1.82) is 0 Å². The molecule has 9 heteroatoms. The zero-order valence-electron chi connectivity index (χ0n) is 18.9. The van der Waals surface area contributed by atoms with Gasteiger partial charge < -0.3 is 5.32 Å². The number of benzene rings is 2. The summed E-state index contributed by atoms with van der Waals surface area (Å²) in [5, 5.41) is 10.2. The third kappa shape index (κ3) is 5.19. The Bertz CT molecular complexity index is 1340. The number of carbonyl (C=O) groups is 1. The lowest BCUT2D eigenvalue weighted by atomic mass is 10.0. The van der Waals surface area contributed by atoms with Crippen molar-refractivity contribution >= 4 is 22.5 Å². The third-order valence-corrected chi connectivity index (χ3v) is 6.23. The Morgan fingerprint density at radius 2 is 1.74 bits per heavy atom. The molecule has 0 bridgehead atoms. The van der Waals surface area contributed by atoms with Crippen LogP contribution in [-0.4, -0.2) is 39.1 Å². The van der Waals surface area contributed by atoms with Gasteiger partial charge in [0.15, 0.2) is 5.69 Å². The van der Waals surface area contributed by atoms with E-state index in [2.05, 4.69) is 31.5 Å². The minimum Gasteiger partial charge on any atom is -0.321 e. The van der Waals surface area contributed by atoms with Crippen LogP contribution >= 0.6 is 0 Å². The molecule has 0 aliphatic carbocycles. The molecule has 5 rings (SSSR count). The van der Waals surface area contributed by atoms with Crippen molar-refractivity contribution < 1.29 is 18.0 Å². The van der Waals surface area contributed by atoms with Crippen LogP contribution in [0.4, 0.5) is 18.9 Å². The van der Waals surface area contributed by atoms with Crippen LogP contribution in [0.2, 0.25) is 0 Å². The van der Waals surface area contributed by atoms with E-state index in [-0.39, 0.29) is 11.4 Å². The quantitative estimate of drug-likeness (QED) is 0.375. The first-order valence-electron chi connectivity index (χ1n) is 11.5. The highest BCUT2D eigenvalue weighted by atomic mass is 19.4. The number of piperidine rings is 1. The summed E-state index contributed by atoms with van der Waals surface area (Å²) in [6, 6.07) is 12.1. The fourth-order valence-electron chi connectivity index (χ4n) is 4.41. The van der Waals surface area contributed by atoms with Crippen molar-refractivity contribution in [3.63, 3.8) is 0 Å². The van der Waals surface area contributed by atoms with Crippen molar-refractivity contribution in [3.8, 4) is 11.1 Å². The third-order valence-electron chi connectivity index (χ3n) is 6.23. The van der Waals surface area contributed by atoms with Crippen LogP contribution in [0.5, 0.6) is 0 Å². The Labute approximate surface area is 200 Å². The number of hydrogen-bond acceptors (Lipinski definition) is 4. The van der Waals surface area contributed by atoms with Crippen molar-refractivity contribution in [2.75, 3.05) is 18.4 Å². The zero-order chi connectivity index (χ0) is 24.4. The number of nitrogens with zero attached hydrogens (tertiary/aromatic N) is 3. The molecule has 1 amide bonds. The van der Waals surface area contributed by atoms with Crippen LogP contribution in [0.1, 0.15) is 40.9 Å². The molecule has 1 aliphatic rings. The number of halogens is 3. The van der Waals surface area contributed by atoms with Crippen molar-refractivity contribution in [2.24, 2.45) is 0 Å². The number of nitrogens with one attached hydrogen (secondary N) is 2. The lowest BCUT2D eigenvalue weighted by molar-refractivity contribution is -0.137. The van der Waals surface area contributed by atoms with Crippen molar-refractivity contribution in [2.45, 2.75) is 32.0 Å². The van der Waals surface area contributed by atoms with Gasteiger partial charge in [-0.25, -0.2) is 0 Å². The molecule has 6 nitrogen and oxygen atoms in total. The van der Waals surface area contributed by atoms with Gasteiger partial charge in [-0.2, -0.15) is 18.3 Å². The smallest absolute Gasteiger partial charge is 0.321 e. The van der Waals surface area contributed by atoms with E-state index in [1.54, 1.807) is 6.20 Å². The van der Waals surface area contributed by atoms with Gasteiger partial charge in [-0.1, -0.05) is 12.5 Å². The van der Waals surface area contributed by atoms with Crippen molar-refractivity contribution in [1.82, 2.24) is 20.1 Å². The first-order chi connectivity index (χ1) is 16.9. The highest BCUT2D eigenvalue weighted by Crippen LogP contribution is 2.30. The number of aromatic nitrogens is 3. The van der Waals surface area contributed by atoms with Gasteiger partial charge in [-0.05, 0) is 79.5 Å². The standard InChI is InChI=1S/C26H24F3N5O/c27-26(28,29)20-5-7-21(8-6-20)31-25(35)24-22-13-18(4-9-23(22)32-33-24)19-12-17(14-30-15-19)16-34-10-2-1-3-11-34/h4-9,12-15H,1-3,10-11,16H2,(H,31,35)(H,32,33). The summed E-state index contributed by atoms with van der Waals surface area (Å²) >= 11 is 0. The molecule has 0 atom stereocenters. The molecule has 35 heavy (non-hydrogen) atoms. The van der Waals surface area contributed by atoms with E-state index in [1.807, 2.05) is 24.4 Å². The lowest BCUT2D eigenvalue weighted by Crippen LogP contribution is -2.29. The molecule has 4 aromatic rings. The summed E-state index contributed by atoms with van der Waals surface area (Å²) in [6.07, 6.45) is 2.98. The van der Waals surface area contributed by atoms with Gasteiger partial charge in [-0.3, -0.25) is 19.8 Å². The van der Waals surface area contributed by atoms with Crippen LogP contribution in [0.25, 0.3) is 22.0 Å². The zero-order valence-corrected chi connectivity index (χ0v) is 18.9. The maximum Gasteiger partial charge on any atom is 0.416 e. The van der Waals surface area contributed by atoms with Crippen molar-refractivity contribution in [3.05, 3.63) is 77.7 Å². The molecule has 1 aliphatic heterocycles. The Balaban J connectivity index is 1.37. The van der Waals surface area contributed by atoms with E-state index >= 15 is 0 Å². The number of pyridine rings is 1. The second-order valence-corrected chi connectivity index (χ2v) is 8.78. The van der Waals surface area contributed by atoms with Gasteiger partial charge in [0.1, 0.15) is 0 Å². The maximum absolute atomic E-state index is 12.9. The van der Waals surface area contributed by atoms with E-state index in [4.69, 9.17) is 0 Å². The molecule has 2 aromatic carbocycles. The van der Waals surface area contributed by atoms with E-state index < -0.39 is 17.6 Å². The van der Waals surface area contributed by atoms with E-state index in [9.17, 15) is 18.0 Å². The number of fused-ring (bicyclic) bond motifs is 1. The van der Waals surface area contributed by atoms with Gasteiger partial charge in [-0.15, -0.1) is 0 Å². The summed E-state index contributed by atoms with van der Waals surface area (Å²) in [5.74, 6) is -0.509. The van der Waals surface area contributed by atoms with E-state index in [1.165, 1.54) is 31.4 Å². The highest BCUT2D eigenvalue weighted by Gasteiger charge is 2.30. The molecule has 1 saturated heterocycles. The molecule has 2 N–H and O–H groups in total. The lowest BCUT2D eigenvalue weighted by Gasteiger charge is -2.26. The molecular formula is C26H24F3N5O. The number of anilines is 1. The molecule has 0 spiro atoms. The SMILES string of the molecule is O=C(Nc1ccc(C(F)(F)F)cc1)c1n[nH]c2ccc(-c3cncc(CN4CCCCC4)c3)cc12. The first kappa shape index (κ1) is 23.0. The highest BCUT2D eigenvalue weighted by molar-refractivity contribution is 6.11. The molecule has 2 aromatic heterocycles. The molecule has 0 saturated carbocycles. The van der Waals surface area contributed by atoms with Crippen LogP contribution < -0.4 is 5.32 Å². The van der Waals surface area contributed by atoms with Crippen LogP contribution in [-0.2, 0) is 12.7 Å². The number of likely N-dealkylation sites (tertiary alicyclic amines) is 1. The topological polar surface area (TPSA) is 73.9 Å². The van der Waals surface area contributed by atoms with Gasteiger partial charge in [0.25, 0.3) is 5.91 Å². The average Bonchev–Trinajstić information content (AvgIpc) is 3.28. The summed E-state index contributed by atoms with van der Waals surface area (Å²) in [7, 11) is 0. The minimum atomic E-state index is -4.43. The largest absolute Gasteiger partial charge is 0.416 e. The van der Waals surface area contributed by atoms with Gasteiger partial charge in [0, 0.05) is 35.6 Å². The second-order valence-electron chi connectivity index (χ2n) is 8.78. The fraction of sp³-hybridized carbons (Fsp3) is 0.269. The Hall–Kier alpha value is -3.72. The normalized spacial score (nSPS) is 14.8. The molecule has 180 valence electrons. The second kappa shape index (κ2) is 9.50. The predicted octanol–water partition coefficient (Wildman–Crippen LogP) is 5.88. The summed E-state index contributed by atoms with van der Waals surface area (Å²) < 4.78 is 38.4. The molecular weight excluding hydrogens is 455 g/mol.